The Morgan fingerprint density at radius 3 is 2.21 bits per heavy atom. The molecule has 158 valence electrons. The van der Waals surface area contributed by atoms with E-state index >= 15 is 0 Å². The Kier molecular flexibility index (Phi) is 10.1. The first-order valence-corrected chi connectivity index (χ1v) is 11.1. The molecule has 7 heteroatoms. The fraction of sp³-hybridized carbons (Fsp3) is 0.455. The number of hydrogen-bond acceptors (Lipinski definition) is 2. The van der Waals surface area contributed by atoms with E-state index in [-0.39, 0.29) is 0 Å². The number of carbonyl (C=O) groups is 1. The Bertz CT molecular complexity index is 761. The molecule has 1 saturated carbocycles. The van der Waals surface area contributed by atoms with Crippen LogP contribution in [-0.4, -0.2) is 22.0 Å². The summed E-state index contributed by atoms with van der Waals surface area (Å²) in [7, 11) is 1.80. The summed E-state index contributed by atoms with van der Waals surface area (Å²) in [5.74, 6) is 0.403. The molecule has 3 rings (SSSR count). The van der Waals surface area contributed by atoms with Crippen molar-refractivity contribution in [1.29, 1.82) is 0 Å². The fourth-order valence-electron chi connectivity index (χ4n) is 3.30. The second kappa shape index (κ2) is 12.3. The first kappa shape index (κ1) is 23.8. The number of nitrogens with one attached hydrogen (secondary N) is 1. The van der Waals surface area contributed by atoms with E-state index in [1.54, 1.807) is 11.6 Å². The zero-order valence-electron chi connectivity index (χ0n) is 16.7. The quantitative estimate of drug-likeness (QED) is 0.436. The third-order valence-electron chi connectivity index (χ3n) is 4.80. The van der Waals surface area contributed by atoms with Crippen LogP contribution in [0.25, 0.3) is 12.2 Å². The summed E-state index contributed by atoms with van der Waals surface area (Å²) in [6.07, 6.45) is 15.5. The van der Waals surface area contributed by atoms with Crippen molar-refractivity contribution in [3.63, 3.8) is 0 Å². The molecule has 0 bridgehead atoms. The predicted molar refractivity (Wildman–Crippen MR) is 123 cm³/mol. The van der Waals surface area contributed by atoms with Gasteiger partial charge in [0.15, 0.2) is 5.82 Å². The Balaban J connectivity index is 0.000000234. The van der Waals surface area contributed by atoms with E-state index in [1.807, 2.05) is 48.7 Å². The number of amides is 1. The molecule has 1 aromatic heterocycles. The summed E-state index contributed by atoms with van der Waals surface area (Å²) in [6, 6.07) is 10.4. The lowest BCUT2D eigenvalue weighted by Gasteiger charge is -2.18. The van der Waals surface area contributed by atoms with E-state index in [1.165, 1.54) is 44.9 Å². The van der Waals surface area contributed by atoms with Crippen molar-refractivity contribution >= 4 is 53.4 Å². The molecule has 0 saturated heterocycles. The Morgan fingerprint density at radius 2 is 1.66 bits per heavy atom. The summed E-state index contributed by atoms with van der Waals surface area (Å²) in [5, 5.41) is 2.87. The lowest BCUT2D eigenvalue weighted by Crippen LogP contribution is -2.28. The van der Waals surface area contributed by atoms with Crippen LogP contribution < -0.4 is 5.32 Å². The number of rotatable bonds is 4. The number of aryl methyl sites for hydroxylation is 1. The number of imidazole rings is 1. The zero-order chi connectivity index (χ0) is 21.1. The molecule has 0 unspecified atom stereocenters. The highest BCUT2D eigenvalue weighted by Gasteiger charge is 2.28. The van der Waals surface area contributed by atoms with Gasteiger partial charge in [-0.1, -0.05) is 103 Å². The lowest BCUT2D eigenvalue weighted by molar-refractivity contribution is -0.110. The highest BCUT2D eigenvalue weighted by molar-refractivity contribution is 6.66. The molecule has 1 aromatic carbocycles. The summed E-state index contributed by atoms with van der Waals surface area (Å²) in [5.41, 5.74) is 1.85. The van der Waals surface area contributed by atoms with Crippen molar-refractivity contribution in [3.8, 4) is 0 Å². The van der Waals surface area contributed by atoms with Gasteiger partial charge in [0.1, 0.15) is 0 Å². The van der Waals surface area contributed by atoms with Crippen LogP contribution >= 0.6 is 34.8 Å². The maximum Gasteiger partial charge on any atom is 0.248 e. The molecule has 29 heavy (non-hydrogen) atoms. The van der Waals surface area contributed by atoms with Gasteiger partial charge >= 0.3 is 0 Å². The van der Waals surface area contributed by atoms with E-state index in [4.69, 9.17) is 34.8 Å². The van der Waals surface area contributed by atoms with Crippen LogP contribution in [0, 0.1) is 0 Å². The minimum atomic E-state index is -1.51. The average molecular weight is 457 g/mol. The minimum absolute atomic E-state index is 0.403. The molecule has 0 spiro atoms. The van der Waals surface area contributed by atoms with Gasteiger partial charge in [0.2, 0.25) is 10.2 Å². The molecule has 0 radical (unpaired) electrons. The number of halogens is 3. The molecular weight excluding hydrogens is 429 g/mol. The summed E-state index contributed by atoms with van der Waals surface area (Å²) >= 11 is 17.5. The number of aromatic nitrogens is 2. The first-order valence-electron chi connectivity index (χ1n) is 9.93. The van der Waals surface area contributed by atoms with Gasteiger partial charge in [-0.05, 0) is 24.5 Å². The molecule has 4 nitrogen and oxygen atoms in total. The fourth-order valence-corrected chi connectivity index (χ4v) is 3.82. The zero-order valence-corrected chi connectivity index (χ0v) is 18.9. The lowest BCUT2D eigenvalue weighted by atomic mass is 9.97. The molecule has 1 aliphatic rings. The molecule has 1 heterocycles. The van der Waals surface area contributed by atoms with Crippen LogP contribution in [0.4, 0.5) is 0 Å². The Hall–Kier alpha value is -1.49. The maximum atomic E-state index is 10.2. The molecule has 1 aliphatic carbocycles. The van der Waals surface area contributed by atoms with Crippen molar-refractivity contribution in [1.82, 2.24) is 14.9 Å². The normalized spacial score (nSPS) is 15.9. The van der Waals surface area contributed by atoms with E-state index in [2.05, 4.69) is 10.3 Å². The van der Waals surface area contributed by atoms with Crippen LogP contribution in [0.1, 0.15) is 62.0 Å². The summed E-state index contributed by atoms with van der Waals surface area (Å²) in [6.45, 7) is 0. The highest BCUT2D eigenvalue weighted by atomic mass is 35.6. The molecule has 1 fully saturated rings. The van der Waals surface area contributed by atoms with Crippen LogP contribution in [-0.2, 0) is 15.6 Å². The summed E-state index contributed by atoms with van der Waals surface area (Å²) < 4.78 is 0.200. The average Bonchev–Trinajstić information content (AvgIpc) is 3.05. The number of carbonyl (C=O) groups excluding carboxylic acids is 1. The van der Waals surface area contributed by atoms with Gasteiger partial charge in [0, 0.05) is 19.3 Å². The summed E-state index contributed by atoms with van der Waals surface area (Å²) in [4.78, 5) is 14.4. The van der Waals surface area contributed by atoms with E-state index in [9.17, 15) is 4.79 Å². The third kappa shape index (κ3) is 8.81. The number of hydrogen-bond donors (Lipinski definition) is 1. The van der Waals surface area contributed by atoms with Gasteiger partial charge in [-0.25, -0.2) is 4.98 Å². The topological polar surface area (TPSA) is 46.9 Å². The van der Waals surface area contributed by atoms with Gasteiger partial charge in [0.05, 0.1) is 5.69 Å². The van der Waals surface area contributed by atoms with Gasteiger partial charge < -0.3 is 9.88 Å². The standard InChI is InChI=1S/C13H11Cl3N2.C9H17NO/c1-18-9-11(17-12(18)13(14,15)16)8-7-10-5-3-2-4-6-10;11-8-10-9-6-4-2-1-3-5-7-9/h2-9H,1H3;8-9H,1-7H2,(H,10,11)/b8-7+;. The highest BCUT2D eigenvalue weighted by Crippen LogP contribution is 2.37. The van der Waals surface area contributed by atoms with Crippen molar-refractivity contribution in [2.24, 2.45) is 7.05 Å². The van der Waals surface area contributed by atoms with Crippen molar-refractivity contribution in [3.05, 3.63) is 53.6 Å². The van der Waals surface area contributed by atoms with E-state index in [0.29, 0.717) is 11.9 Å². The van der Waals surface area contributed by atoms with E-state index < -0.39 is 3.79 Å². The molecule has 1 amide bonds. The maximum absolute atomic E-state index is 10.2. The predicted octanol–water partition coefficient (Wildman–Crippen LogP) is 6.26. The van der Waals surface area contributed by atoms with Gasteiger partial charge in [0.25, 0.3) is 0 Å². The van der Waals surface area contributed by atoms with Gasteiger partial charge in [-0.2, -0.15) is 0 Å². The second-order valence-electron chi connectivity index (χ2n) is 7.17. The van der Waals surface area contributed by atoms with Gasteiger partial charge in [-0.3, -0.25) is 4.79 Å². The number of alkyl halides is 3. The third-order valence-corrected chi connectivity index (χ3v) is 5.31. The minimum Gasteiger partial charge on any atom is -0.356 e. The van der Waals surface area contributed by atoms with E-state index in [0.717, 1.165) is 17.7 Å². The Morgan fingerprint density at radius 1 is 1.03 bits per heavy atom. The molecule has 0 aliphatic heterocycles. The number of benzene rings is 1. The Labute approximate surface area is 188 Å². The molecular formula is C22H28Cl3N3O. The molecule has 0 atom stereocenters. The van der Waals surface area contributed by atoms with Crippen LogP contribution in [0.5, 0.6) is 0 Å². The molecule has 2 aromatic rings. The largest absolute Gasteiger partial charge is 0.356 e. The van der Waals surface area contributed by atoms with Crippen LogP contribution in [0.3, 0.4) is 0 Å². The van der Waals surface area contributed by atoms with Crippen LogP contribution in [0.15, 0.2) is 36.5 Å². The first-order chi connectivity index (χ1) is 13.9. The van der Waals surface area contributed by atoms with Crippen molar-refractivity contribution in [2.45, 2.75) is 54.8 Å². The SMILES string of the molecule is Cn1cc(/C=C/c2ccccc2)nc1C(Cl)(Cl)Cl.O=CNC1CCCCCCC1. The second-order valence-corrected chi connectivity index (χ2v) is 9.45. The number of nitrogens with zero attached hydrogens (tertiary/aromatic N) is 2. The van der Waals surface area contributed by atoms with Crippen LogP contribution in [0.2, 0.25) is 0 Å². The van der Waals surface area contributed by atoms with Gasteiger partial charge in [-0.15, -0.1) is 0 Å². The monoisotopic (exact) mass is 455 g/mol. The molecule has 1 N–H and O–H groups in total. The van der Waals surface area contributed by atoms with Crippen molar-refractivity contribution in [2.75, 3.05) is 0 Å². The van der Waals surface area contributed by atoms with Crippen molar-refractivity contribution < 1.29 is 4.79 Å². The smallest absolute Gasteiger partial charge is 0.248 e.